The molecule has 0 spiro atoms. The number of ketones is 1. The van der Waals surface area contributed by atoms with E-state index in [0.717, 1.165) is 34.4 Å². The van der Waals surface area contributed by atoms with Crippen LogP contribution in [-0.2, 0) is 6.54 Å². The molecule has 0 N–H and O–H groups in total. The first kappa shape index (κ1) is 9.59. The van der Waals surface area contributed by atoms with E-state index in [1.807, 2.05) is 30.4 Å². The van der Waals surface area contributed by atoms with Crippen molar-refractivity contribution in [1.82, 2.24) is 4.57 Å². The van der Waals surface area contributed by atoms with Crippen LogP contribution in [0.4, 0.5) is 0 Å². The van der Waals surface area contributed by atoms with Gasteiger partial charge in [0.2, 0.25) is 5.78 Å². The van der Waals surface area contributed by atoms with Gasteiger partial charge in [-0.1, -0.05) is 30.4 Å². The smallest absolute Gasteiger partial charge is 0.206 e. The van der Waals surface area contributed by atoms with Crippen LogP contribution in [0.3, 0.4) is 0 Å². The van der Waals surface area contributed by atoms with Crippen molar-refractivity contribution < 1.29 is 4.79 Å². The highest BCUT2D eigenvalue weighted by molar-refractivity contribution is 6.41. The third-order valence-corrected chi connectivity index (χ3v) is 3.46. The van der Waals surface area contributed by atoms with Gasteiger partial charge in [-0.2, -0.15) is 0 Å². The molecule has 0 amide bonds. The fraction of sp³-hybridized carbons (Fsp3) is 0.0667. The van der Waals surface area contributed by atoms with Gasteiger partial charge in [-0.25, -0.2) is 0 Å². The molecule has 3 heterocycles. The van der Waals surface area contributed by atoms with Gasteiger partial charge < -0.3 is 4.57 Å². The Labute approximate surface area is 104 Å². The molecule has 0 radical (unpaired) electrons. The minimum Gasteiger partial charge on any atom is -0.335 e. The van der Waals surface area contributed by atoms with Gasteiger partial charge in [-0.05, 0) is 12.1 Å². The second-order valence-electron chi connectivity index (χ2n) is 4.45. The molecule has 3 heteroatoms. The zero-order valence-electron chi connectivity index (χ0n) is 9.63. The van der Waals surface area contributed by atoms with Crippen molar-refractivity contribution in [1.29, 1.82) is 0 Å². The van der Waals surface area contributed by atoms with E-state index in [1.165, 1.54) is 6.21 Å². The van der Waals surface area contributed by atoms with Crippen molar-refractivity contribution >= 4 is 28.6 Å². The van der Waals surface area contributed by atoms with Crippen LogP contribution in [-0.4, -0.2) is 16.6 Å². The van der Waals surface area contributed by atoms with Crippen LogP contribution < -0.4 is 0 Å². The van der Waals surface area contributed by atoms with Crippen molar-refractivity contribution in [2.24, 2.45) is 4.99 Å². The van der Waals surface area contributed by atoms with Gasteiger partial charge in [0.1, 0.15) is 0 Å². The van der Waals surface area contributed by atoms with Crippen LogP contribution in [0, 0.1) is 0 Å². The minimum absolute atomic E-state index is 0.000926. The molecule has 18 heavy (non-hydrogen) atoms. The number of hydrogen-bond donors (Lipinski definition) is 0. The van der Waals surface area contributed by atoms with Crippen molar-refractivity contribution in [2.45, 2.75) is 6.54 Å². The summed E-state index contributed by atoms with van der Waals surface area (Å²) in [6.45, 7) is 0.776. The number of carbonyl (C=O) groups excluding carboxylic acids is 1. The van der Waals surface area contributed by atoms with E-state index < -0.39 is 0 Å². The zero-order chi connectivity index (χ0) is 12.1. The first-order chi connectivity index (χ1) is 8.86. The topological polar surface area (TPSA) is 34.4 Å². The maximum Gasteiger partial charge on any atom is 0.206 e. The van der Waals surface area contributed by atoms with Gasteiger partial charge >= 0.3 is 0 Å². The van der Waals surface area contributed by atoms with E-state index in [9.17, 15) is 4.79 Å². The Hall–Kier alpha value is -2.42. The largest absolute Gasteiger partial charge is 0.335 e. The molecule has 1 aromatic carbocycles. The van der Waals surface area contributed by atoms with Crippen LogP contribution in [0.25, 0.3) is 16.6 Å². The molecule has 3 nitrogen and oxygen atoms in total. The van der Waals surface area contributed by atoms with Crippen molar-refractivity contribution in [3.05, 3.63) is 53.8 Å². The Morgan fingerprint density at radius 2 is 2.11 bits per heavy atom. The summed E-state index contributed by atoms with van der Waals surface area (Å²) < 4.78 is 2.16. The number of aliphatic imine (C=N–C) groups is 1. The van der Waals surface area contributed by atoms with E-state index >= 15 is 0 Å². The second kappa shape index (κ2) is 3.29. The number of para-hydroxylation sites is 1. The average Bonchev–Trinajstić information content (AvgIpc) is 2.58. The SMILES string of the molecule is O=C1C=NC2=CC=CCn3c2c1c1ccccc13. The predicted octanol–water partition coefficient (Wildman–Crippen LogP) is 2.82. The monoisotopic (exact) mass is 234 g/mol. The highest BCUT2D eigenvalue weighted by atomic mass is 16.1. The Morgan fingerprint density at radius 3 is 3.06 bits per heavy atom. The minimum atomic E-state index is -0.000926. The number of Topliss-reactive ketones (excluding diaryl/α,β-unsaturated/α-hetero) is 1. The number of aromatic nitrogens is 1. The van der Waals surface area contributed by atoms with Crippen LogP contribution in [0.15, 0.2) is 47.5 Å². The molecule has 2 aliphatic rings. The molecular formula is C15H10N2O. The van der Waals surface area contributed by atoms with E-state index in [0.29, 0.717) is 0 Å². The Morgan fingerprint density at radius 1 is 1.22 bits per heavy atom. The van der Waals surface area contributed by atoms with Crippen LogP contribution >= 0.6 is 0 Å². The predicted molar refractivity (Wildman–Crippen MR) is 71.9 cm³/mol. The third kappa shape index (κ3) is 1.08. The first-order valence-electron chi connectivity index (χ1n) is 5.93. The number of hydrogen-bond acceptors (Lipinski definition) is 2. The summed E-state index contributed by atoms with van der Waals surface area (Å²) in [4.78, 5) is 16.4. The van der Waals surface area contributed by atoms with E-state index in [1.54, 1.807) is 0 Å². The van der Waals surface area contributed by atoms with Crippen LogP contribution in [0.1, 0.15) is 16.1 Å². The van der Waals surface area contributed by atoms with Gasteiger partial charge in [0.25, 0.3) is 0 Å². The second-order valence-corrected chi connectivity index (χ2v) is 4.45. The van der Waals surface area contributed by atoms with E-state index in [4.69, 9.17) is 0 Å². The van der Waals surface area contributed by atoms with E-state index in [2.05, 4.69) is 21.7 Å². The maximum atomic E-state index is 12.1. The molecule has 4 rings (SSSR count). The summed E-state index contributed by atoms with van der Waals surface area (Å²) in [7, 11) is 0. The fourth-order valence-corrected chi connectivity index (χ4v) is 2.71. The molecule has 0 aliphatic carbocycles. The summed E-state index contributed by atoms with van der Waals surface area (Å²) in [6, 6.07) is 8.03. The lowest BCUT2D eigenvalue weighted by Gasteiger charge is -2.11. The first-order valence-corrected chi connectivity index (χ1v) is 5.93. The highest BCUT2D eigenvalue weighted by Crippen LogP contribution is 2.34. The van der Waals surface area contributed by atoms with Gasteiger partial charge in [0.05, 0.1) is 23.2 Å². The van der Waals surface area contributed by atoms with Gasteiger partial charge in [0, 0.05) is 17.4 Å². The average molecular weight is 234 g/mol. The summed E-state index contributed by atoms with van der Waals surface area (Å²) in [6.07, 6.45) is 7.46. The molecule has 2 aliphatic heterocycles. The lowest BCUT2D eigenvalue weighted by atomic mass is 10.0. The summed E-state index contributed by atoms with van der Waals surface area (Å²) >= 11 is 0. The lowest BCUT2D eigenvalue weighted by Crippen LogP contribution is -2.11. The van der Waals surface area contributed by atoms with Crippen molar-refractivity contribution in [3.8, 4) is 0 Å². The van der Waals surface area contributed by atoms with Crippen LogP contribution in [0.2, 0.25) is 0 Å². The number of benzene rings is 1. The fourth-order valence-electron chi connectivity index (χ4n) is 2.71. The molecule has 0 bridgehead atoms. The molecule has 86 valence electrons. The number of fused-ring (bicyclic) bond motifs is 3. The molecule has 1 aromatic heterocycles. The number of allylic oxidation sites excluding steroid dienone is 3. The van der Waals surface area contributed by atoms with Crippen molar-refractivity contribution in [2.75, 3.05) is 0 Å². The zero-order valence-corrected chi connectivity index (χ0v) is 9.63. The Kier molecular flexibility index (Phi) is 1.75. The summed E-state index contributed by atoms with van der Waals surface area (Å²) in [5, 5.41) is 1.02. The maximum absolute atomic E-state index is 12.1. The Bertz CT molecular complexity index is 775. The van der Waals surface area contributed by atoms with Crippen LogP contribution in [0.5, 0.6) is 0 Å². The molecular weight excluding hydrogens is 224 g/mol. The van der Waals surface area contributed by atoms with Gasteiger partial charge in [-0.15, -0.1) is 0 Å². The lowest BCUT2D eigenvalue weighted by molar-refractivity contribution is 0.107. The Balaban J connectivity index is 2.24. The normalized spacial score (nSPS) is 16.7. The van der Waals surface area contributed by atoms with E-state index in [-0.39, 0.29) is 5.78 Å². The third-order valence-electron chi connectivity index (χ3n) is 3.46. The number of rotatable bonds is 0. The molecule has 0 saturated carbocycles. The molecule has 0 unspecified atom stereocenters. The molecule has 2 aromatic rings. The van der Waals surface area contributed by atoms with Gasteiger partial charge in [0.15, 0.2) is 0 Å². The highest BCUT2D eigenvalue weighted by Gasteiger charge is 2.26. The summed E-state index contributed by atoms with van der Waals surface area (Å²) in [5.41, 5.74) is 3.71. The molecule has 0 atom stereocenters. The van der Waals surface area contributed by atoms with Gasteiger partial charge in [-0.3, -0.25) is 9.79 Å². The number of nitrogens with zero attached hydrogens (tertiary/aromatic N) is 2. The molecule has 0 saturated heterocycles. The summed E-state index contributed by atoms with van der Waals surface area (Å²) in [5.74, 6) is -0.000926. The quantitative estimate of drug-likeness (QED) is 0.690. The molecule has 0 fully saturated rings. The van der Waals surface area contributed by atoms with Crippen molar-refractivity contribution in [3.63, 3.8) is 0 Å². The number of carbonyl (C=O) groups is 1. The standard InChI is InChI=1S/C15H10N2O/c18-13-9-16-11-6-3-4-8-17-12-7-2-1-5-10(12)14(13)15(11)17/h1-7,9H,8H2.